The van der Waals surface area contributed by atoms with Crippen LogP contribution < -0.4 is 6.15 Å². The molecule has 0 radical (unpaired) electrons. The van der Waals surface area contributed by atoms with Crippen molar-refractivity contribution in [2.24, 2.45) is 0 Å². The Morgan fingerprint density at radius 2 is 2.18 bits per heavy atom. The van der Waals surface area contributed by atoms with Gasteiger partial charge in [0, 0.05) is 6.08 Å². The van der Waals surface area contributed by atoms with Gasteiger partial charge in [0.1, 0.15) is 0 Å². The maximum absolute atomic E-state index is 10.4. The Morgan fingerprint density at radius 3 is 2.64 bits per heavy atom. The van der Waals surface area contributed by atoms with E-state index in [4.69, 9.17) is 4.74 Å². The normalized spacial score (nSPS) is 8.09. The van der Waals surface area contributed by atoms with Crippen molar-refractivity contribution < 1.29 is 9.53 Å². The van der Waals surface area contributed by atoms with E-state index in [1.54, 1.807) is 0 Å². The standard InChI is InChI=1S/C8H14O2.H3N/c1-3-5-6-7-10-8(9)4-2;/h4H,2-3,5-7H2,1H3;1H3. The van der Waals surface area contributed by atoms with Crippen LogP contribution in [0, 0.1) is 0 Å². The topological polar surface area (TPSA) is 61.3 Å². The van der Waals surface area contributed by atoms with Crippen LogP contribution in [0.1, 0.15) is 26.2 Å². The minimum absolute atomic E-state index is 0. The quantitative estimate of drug-likeness (QED) is 0.379. The molecule has 0 saturated heterocycles. The van der Waals surface area contributed by atoms with Gasteiger partial charge in [-0.25, -0.2) is 4.79 Å². The molecule has 3 N–H and O–H groups in total. The van der Waals surface area contributed by atoms with Gasteiger partial charge in [-0.05, 0) is 6.42 Å². The van der Waals surface area contributed by atoms with Crippen LogP contribution in [0.25, 0.3) is 0 Å². The Kier molecular flexibility index (Phi) is 10.7. The molecular weight excluding hydrogens is 142 g/mol. The van der Waals surface area contributed by atoms with Gasteiger partial charge in [0.05, 0.1) is 6.61 Å². The van der Waals surface area contributed by atoms with Gasteiger partial charge in [-0.3, -0.25) is 0 Å². The average molecular weight is 159 g/mol. The zero-order chi connectivity index (χ0) is 7.82. The van der Waals surface area contributed by atoms with Crippen LogP contribution in [-0.4, -0.2) is 12.6 Å². The van der Waals surface area contributed by atoms with Crippen molar-refractivity contribution in [3.63, 3.8) is 0 Å². The Labute approximate surface area is 68.0 Å². The van der Waals surface area contributed by atoms with E-state index >= 15 is 0 Å². The summed E-state index contributed by atoms with van der Waals surface area (Å²) in [5, 5.41) is 0. The average Bonchev–Trinajstić information content (AvgIpc) is 1.98. The number of carbonyl (C=O) groups is 1. The van der Waals surface area contributed by atoms with E-state index in [2.05, 4.69) is 13.5 Å². The van der Waals surface area contributed by atoms with Crippen LogP contribution in [-0.2, 0) is 9.53 Å². The van der Waals surface area contributed by atoms with E-state index in [9.17, 15) is 4.79 Å². The predicted octanol–water partition coefficient (Wildman–Crippen LogP) is 2.07. The van der Waals surface area contributed by atoms with Gasteiger partial charge in [-0.15, -0.1) is 0 Å². The lowest BCUT2D eigenvalue weighted by Gasteiger charge is -1.98. The van der Waals surface area contributed by atoms with Crippen LogP contribution in [0.4, 0.5) is 0 Å². The van der Waals surface area contributed by atoms with Crippen LogP contribution >= 0.6 is 0 Å². The zero-order valence-electron chi connectivity index (χ0n) is 7.14. The third-order valence-corrected chi connectivity index (χ3v) is 1.16. The summed E-state index contributed by atoms with van der Waals surface area (Å²) in [4.78, 5) is 10.4. The van der Waals surface area contributed by atoms with Gasteiger partial charge >= 0.3 is 5.97 Å². The molecular formula is C8H17NO2. The first-order valence-electron chi connectivity index (χ1n) is 3.60. The Hall–Kier alpha value is -0.830. The minimum Gasteiger partial charge on any atom is -0.463 e. The molecule has 0 spiro atoms. The van der Waals surface area contributed by atoms with E-state index < -0.39 is 0 Å². The second-order valence-electron chi connectivity index (χ2n) is 2.08. The molecule has 0 aliphatic rings. The van der Waals surface area contributed by atoms with Crippen molar-refractivity contribution in [3.05, 3.63) is 12.7 Å². The molecule has 0 aliphatic carbocycles. The number of unbranched alkanes of at least 4 members (excludes halogenated alkanes) is 2. The lowest BCUT2D eigenvalue weighted by Crippen LogP contribution is -2.01. The molecule has 0 atom stereocenters. The highest BCUT2D eigenvalue weighted by Gasteiger charge is 1.92. The van der Waals surface area contributed by atoms with E-state index in [0.717, 1.165) is 19.3 Å². The van der Waals surface area contributed by atoms with E-state index in [1.165, 1.54) is 6.08 Å². The summed E-state index contributed by atoms with van der Waals surface area (Å²) in [5.41, 5.74) is 0. The summed E-state index contributed by atoms with van der Waals surface area (Å²) in [5.74, 6) is -0.323. The fourth-order valence-corrected chi connectivity index (χ4v) is 0.584. The number of esters is 1. The zero-order valence-corrected chi connectivity index (χ0v) is 7.14. The second kappa shape index (κ2) is 9.17. The van der Waals surface area contributed by atoms with E-state index in [-0.39, 0.29) is 12.1 Å². The minimum atomic E-state index is -0.323. The Balaban J connectivity index is 0. The molecule has 0 unspecified atom stereocenters. The molecule has 0 aromatic heterocycles. The largest absolute Gasteiger partial charge is 0.463 e. The lowest BCUT2D eigenvalue weighted by atomic mass is 10.3. The van der Waals surface area contributed by atoms with Crippen LogP contribution in [0.15, 0.2) is 12.7 Å². The third-order valence-electron chi connectivity index (χ3n) is 1.16. The third kappa shape index (κ3) is 9.17. The number of carbonyl (C=O) groups excluding carboxylic acids is 1. The van der Waals surface area contributed by atoms with Crippen molar-refractivity contribution in [2.45, 2.75) is 26.2 Å². The molecule has 0 aromatic rings. The molecule has 0 rings (SSSR count). The molecule has 0 bridgehead atoms. The molecule has 0 fully saturated rings. The maximum atomic E-state index is 10.4. The molecule has 66 valence electrons. The van der Waals surface area contributed by atoms with Crippen LogP contribution in [0.2, 0.25) is 0 Å². The fourth-order valence-electron chi connectivity index (χ4n) is 0.584. The van der Waals surface area contributed by atoms with Crippen molar-refractivity contribution >= 4 is 5.97 Å². The molecule has 0 aromatic carbocycles. The second-order valence-corrected chi connectivity index (χ2v) is 2.08. The summed E-state index contributed by atoms with van der Waals surface area (Å²) < 4.78 is 4.74. The molecule has 0 heterocycles. The maximum Gasteiger partial charge on any atom is 0.330 e. The number of hydrogen-bond donors (Lipinski definition) is 1. The lowest BCUT2D eigenvalue weighted by molar-refractivity contribution is -0.137. The van der Waals surface area contributed by atoms with E-state index in [0.29, 0.717) is 6.61 Å². The molecule has 0 aliphatic heterocycles. The number of rotatable bonds is 5. The smallest absolute Gasteiger partial charge is 0.330 e. The van der Waals surface area contributed by atoms with Gasteiger partial charge < -0.3 is 10.9 Å². The van der Waals surface area contributed by atoms with Crippen molar-refractivity contribution in [3.8, 4) is 0 Å². The Morgan fingerprint density at radius 1 is 1.55 bits per heavy atom. The first kappa shape index (κ1) is 12.8. The van der Waals surface area contributed by atoms with Gasteiger partial charge in [-0.2, -0.15) is 0 Å². The predicted molar refractivity (Wildman–Crippen MR) is 45.7 cm³/mol. The first-order chi connectivity index (χ1) is 4.81. The van der Waals surface area contributed by atoms with Gasteiger partial charge in [-0.1, -0.05) is 26.3 Å². The molecule has 3 nitrogen and oxygen atoms in total. The van der Waals surface area contributed by atoms with Crippen molar-refractivity contribution in [1.82, 2.24) is 6.15 Å². The Bertz CT molecular complexity index is 113. The summed E-state index contributed by atoms with van der Waals surface area (Å²) >= 11 is 0. The summed E-state index contributed by atoms with van der Waals surface area (Å²) in [6, 6.07) is 0. The van der Waals surface area contributed by atoms with Crippen molar-refractivity contribution in [2.75, 3.05) is 6.61 Å². The molecule has 11 heavy (non-hydrogen) atoms. The molecule has 0 saturated carbocycles. The molecule has 0 amide bonds. The van der Waals surface area contributed by atoms with Gasteiger partial charge in [0.25, 0.3) is 0 Å². The summed E-state index contributed by atoms with van der Waals surface area (Å²) in [6.45, 7) is 5.92. The molecule has 3 heteroatoms. The summed E-state index contributed by atoms with van der Waals surface area (Å²) in [7, 11) is 0. The highest BCUT2D eigenvalue weighted by atomic mass is 16.5. The fraction of sp³-hybridized carbons (Fsp3) is 0.625. The first-order valence-corrected chi connectivity index (χ1v) is 3.60. The van der Waals surface area contributed by atoms with Gasteiger partial charge in [0.2, 0.25) is 0 Å². The van der Waals surface area contributed by atoms with E-state index in [1.807, 2.05) is 0 Å². The highest BCUT2D eigenvalue weighted by Crippen LogP contribution is 1.94. The van der Waals surface area contributed by atoms with Crippen molar-refractivity contribution in [1.29, 1.82) is 0 Å². The van der Waals surface area contributed by atoms with Crippen LogP contribution in [0.5, 0.6) is 0 Å². The monoisotopic (exact) mass is 159 g/mol. The highest BCUT2D eigenvalue weighted by molar-refractivity contribution is 5.81. The summed E-state index contributed by atoms with van der Waals surface area (Å²) in [6.07, 6.45) is 4.40. The van der Waals surface area contributed by atoms with Crippen LogP contribution in [0.3, 0.4) is 0 Å². The number of ether oxygens (including phenoxy) is 1. The van der Waals surface area contributed by atoms with Gasteiger partial charge in [0.15, 0.2) is 0 Å². The SMILES string of the molecule is C=CC(=O)OCCCCC.N. The number of hydrogen-bond acceptors (Lipinski definition) is 3.